The number of benzene rings is 2. The molecule has 0 aliphatic heterocycles. The summed E-state index contributed by atoms with van der Waals surface area (Å²) in [6, 6.07) is 15.7. The van der Waals surface area contributed by atoms with E-state index in [0.717, 1.165) is 28.2 Å². The first-order valence-corrected chi connectivity index (χ1v) is 5.98. The highest BCUT2D eigenvalue weighted by Gasteiger charge is 2.09. The van der Waals surface area contributed by atoms with Gasteiger partial charge in [-0.05, 0) is 24.3 Å². The lowest BCUT2D eigenvalue weighted by atomic mass is 10.2. The summed E-state index contributed by atoms with van der Waals surface area (Å²) in [6.07, 6.45) is 1.55. The summed E-state index contributed by atoms with van der Waals surface area (Å²) in [6.45, 7) is 0. The first-order valence-electron chi connectivity index (χ1n) is 5.98. The van der Waals surface area contributed by atoms with E-state index in [2.05, 4.69) is 15.3 Å². The normalized spacial score (nSPS) is 10.4. The van der Waals surface area contributed by atoms with Crippen LogP contribution in [0.1, 0.15) is 0 Å². The van der Waals surface area contributed by atoms with E-state index in [1.165, 1.54) is 0 Å². The van der Waals surface area contributed by atoms with Gasteiger partial charge in [0.1, 0.15) is 17.9 Å². The van der Waals surface area contributed by atoms with E-state index in [-0.39, 0.29) is 0 Å². The number of hydrogen-bond donors (Lipinski definition) is 1. The lowest BCUT2D eigenvalue weighted by Gasteiger charge is -2.10. The van der Waals surface area contributed by atoms with Gasteiger partial charge in [-0.25, -0.2) is 9.97 Å². The third-order valence-corrected chi connectivity index (χ3v) is 2.88. The Hall–Kier alpha value is -2.62. The third-order valence-electron chi connectivity index (χ3n) is 2.88. The predicted octanol–water partition coefficient (Wildman–Crippen LogP) is 3.38. The molecular weight excluding hydrogens is 238 g/mol. The highest BCUT2D eigenvalue weighted by atomic mass is 16.5. The van der Waals surface area contributed by atoms with Gasteiger partial charge in [-0.2, -0.15) is 0 Å². The molecule has 0 aliphatic carbocycles. The highest BCUT2D eigenvalue weighted by molar-refractivity contribution is 5.95. The maximum atomic E-state index is 5.39. The molecule has 2 aromatic carbocycles. The van der Waals surface area contributed by atoms with Crippen molar-refractivity contribution >= 4 is 22.4 Å². The SMILES string of the molecule is COc1cccc2ncnc(Nc3ccccc3)c12. The van der Waals surface area contributed by atoms with Crippen molar-refractivity contribution in [1.29, 1.82) is 0 Å². The molecule has 0 saturated heterocycles. The van der Waals surface area contributed by atoms with Gasteiger partial charge < -0.3 is 10.1 Å². The Bertz CT molecular complexity index is 693. The summed E-state index contributed by atoms with van der Waals surface area (Å²) in [5.74, 6) is 1.50. The predicted molar refractivity (Wildman–Crippen MR) is 75.8 cm³/mol. The Morgan fingerprint density at radius 1 is 0.947 bits per heavy atom. The van der Waals surface area contributed by atoms with E-state index in [1.807, 2.05) is 48.5 Å². The molecule has 1 aromatic heterocycles. The Morgan fingerprint density at radius 3 is 2.58 bits per heavy atom. The zero-order valence-corrected chi connectivity index (χ0v) is 10.5. The lowest BCUT2D eigenvalue weighted by Crippen LogP contribution is -1.97. The second-order valence-electron chi connectivity index (χ2n) is 4.07. The number of rotatable bonds is 3. The molecule has 3 aromatic rings. The van der Waals surface area contributed by atoms with Crippen molar-refractivity contribution < 1.29 is 4.74 Å². The number of nitrogens with zero attached hydrogens (tertiary/aromatic N) is 2. The lowest BCUT2D eigenvalue weighted by molar-refractivity contribution is 0.420. The summed E-state index contributed by atoms with van der Waals surface area (Å²) >= 11 is 0. The van der Waals surface area contributed by atoms with Crippen LogP contribution in [0.4, 0.5) is 11.5 Å². The van der Waals surface area contributed by atoms with Gasteiger partial charge in [-0.15, -0.1) is 0 Å². The van der Waals surface area contributed by atoms with Gasteiger partial charge >= 0.3 is 0 Å². The average molecular weight is 251 g/mol. The largest absolute Gasteiger partial charge is 0.496 e. The number of anilines is 2. The summed E-state index contributed by atoms with van der Waals surface area (Å²) in [4.78, 5) is 8.57. The minimum Gasteiger partial charge on any atom is -0.496 e. The summed E-state index contributed by atoms with van der Waals surface area (Å²) in [5, 5.41) is 4.18. The van der Waals surface area contributed by atoms with Gasteiger partial charge in [-0.3, -0.25) is 0 Å². The van der Waals surface area contributed by atoms with Gasteiger partial charge in [0.25, 0.3) is 0 Å². The van der Waals surface area contributed by atoms with E-state index in [1.54, 1.807) is 13.4 Å². The number of nitrogens with one attached hydrogen (secondary N) is 1. The third kappa shape index (κ3) is 2.20. The molecular formula is C15H13N3O. The van der Waals surface area contributed by atoms with Crippen molar-refractivity contribution in [3.63, 3.8) is 0 Å². The molecule has 1 N–H and O–H groups in total. The molecule has 0 radical (unpaired) electrons. The number of methoxy groups -OCH3 is 1. The molecule has 3 rings (SSSR count). The maximum absolute atomic E-state index is 5.39. The first-order chi connectivity index (χ1) is 9.38. The van der Waals surface area contributed by atoms with E-state index in [4.69, 9.17) is 4.74 Å². The molecule has 0 atom stereocenters. The topological polar surface area (TPSA) is 47.0 Å². The Kier molecular flexibility index (Phi) is 2.98. The van der Waals surface area contributed by atoms with Crippen LogP contribution in [0.5, 0.6) is 5.75 Å². The van der Waals surface area contributed by atoms with E-state index < -0.39 is 0 Å². The van der Waals surface area contributed by atoms with Crippen molar-refractivity contribution in [3.8, 4) is 5.75 Å². The van der Waals surface area contributed by atoms with Crippen molar-refractivity contribution in [2.75, 3.05) is 12.4 Å². The molecule has 0 amide bonds. The maximum Gasteiger partial charge on any atom is 0.145 e. The molecule has 19 heavy (non-hydrogen) atoms. The van der Waals surface area contributed by atoms with Gasteiger partial charge in [0.2, 0.25) is 0 Å². The molecule has 0 spiro atoms. The van der Waals surface area contributed by atoms with Crippen molar-refractivity contribution in [2.24, 2.45) is 0 Å². The Labute approximate surface area is 111 Å². The average Bonchev–Trinajstić information content (AvgIpc) is 2.48. The van der Waals surface area contributed by atoms with Gasteiger partial charge in [0.05, 0.1) is 18.0 Å². The molecule has 94 valence electrons. The number of hydrogen-bond acceptors (Lipinski definition) is 4. The fourth-order valence-corrected chi connectivity index (χ4v) is 2.00. The van der Waals surface area contributed by atoms with Crippen LogP contribution in [0.3, 0.4) is 0 Å². The number of para-hydroxylation sites is 1. The van der Waals surface area contributed by atoms with Crippen LogP contribution in [0.15, 0.2) is 54.9 Å². The Morgan fingerprint density at radius 2 is 1.79 bits per heavy atom. The number of ether oxygens (including phenoxy) is 1. The molecule has 1 heterocycles. The van der Waals surface area contributed by atoms with Crippen molar-refractivity contribution in [3.05, 3.63) is 54.9 Å². The molecule has 4 heteroatoms. The number of fused-ring (bicyclic) bond motifs is 1. The molecule has 0 aliphatic rings. The van der Waals surface area contributed by atoms with Gasteiger partial charge in [-0.1, -0.05) is 24.3 Å². The van der Waals surface area contributed by atoms with Crippen LogP contribution in [0.25, 0.3) is 10.9 Å². The van der Waals surface area contributed by atoms with Gasteiger partial charge in [0, 0.05) is 5.69 Å². The second kappa shape index (κ2) is 4.94. The molecule has 0 saturated carbocycles. The first kappa shape index (κ1) is 11.5. The zero-order chi connectivity index (χ0) is 13.1. The number of aromatic nitrogens is 2. The summed E-state index contributed by atoms with van der Waals surface area (Å²) in [7, 11) is 1.65. The van der Waals surface area contributed by atoms with Gasteiger partial charge in [0.15, 0.2) is 0 Å². The highest BCUT2D eigenvalue weighted by Crippen LogP contribution is 2.30. The standard InChI is InChI=1S/C15H13N3O/c1-19-13-9-5-8-12-14(13)15(17-10-16-12)18-11-6-3-2-4-7-11/h2-10H,1H3,(H,16,17,18). The molecule has 0 bridgehead atoms. The van der Waals surface area contributed by atoms with E-state index in [9.17, 15) is 0 Å². The minimum absolute atomic E-state index is 0.744. The second-order valence-corrected chi connectivity index (χ2v) is 4.07. The molecule has 0 fully saturated rings. The van der Waals surface area contributed by atoms with Crippen molar-refractivity contribution in [1.82, 2.24) is 9.97 Å². The fraction of sp³-hybridized carbons (Fsp3) is 0.0667. The minimum atomic E-state index is 0.744. The smallest absolute Gasteiger partial charge is 0.145 e. The quantitative estimate of drug-likeness (QED) is 0.775. The van der Waals surface area contributed by atoms with Crippen molar-refractivity contribution in [2.45, 2.75) is 0 Å². The van der Waals surface area contributed by atoms with E-state index in [0.29, 0.717) is 0 Å². The molecule has 4 nitrogen and oxygen atoms in total. The summed E-state index contributed by atoms with van der Waals surface area (Å²) in [5.41, 5.74) is 1.83. The zero-order valence-electron chi connectivity index (χ0n) is 10.5. The summed E-state index contributed by atoms with van der Waals surface area (Å²) < 4.78 is 5.39. The van der Waals surface area contributed by atoms with Crippen LogP contribution in [0.2, 0.25) is 0 Å². The molecule has 0 unspecified atom stereocenters. The van der Waals surface area contributed by atoms with Crippen LogP contribution < -0.4 is 10.1 Å². The van der Waals surface area contributed by atoms with Crippen LogP contribution >= 0.6 is 0 Å². The van der Waals surface area contributed by atoms with E-state index >= 15 is 0 Å². The van der Waals surface area contributed by atoms with Crippen LogP contribution in [-0.4, -0.2) is 17.1 Å². The van der Waals surface area contributed by atoms with Crippen LogP contribution in [-0.2, 0) is 0 Å². The Balaban J connectivity index is 2.13. The monoisotopic (exact) mass is 251 g/mol. The van der Waals surface area contributed by atoms with Crippen LogP contribution in [0, 0.1) is 0 Å². The fourth-order valence-electron chi connectivity index (χ4n) is 2.00.